The highest BCUT2D eigenvalue weighted by Crippen LogP contribution is 2.25. The molecular formula is C13H20BrNOS. The molecule has 2 N–H and O–H groups in total. The molecule has 0 spiro atoms. The van der Waals surface area contributed by atoms with Gasteiger partial charge in [0.2, 0.25) is 0 Å². The molecule has 0 fully saturated rings. The molecule has 2 nitrogen and oxygen atoms in total. The van der Waals surface area contributed by atoms with Gasteiger partial charge in [0.15, 0.2) is 0 Å². The summed E-state index contributed by atoms with van der Waals surface area (Å²) in [5.74, 6) is 0.227. The van der Waals surface area contributed by atoms with Crippen molar-refractivity contribution >= 4 is 33.0 Å². The lowest BCUT2D eigenvalue weighted by atomic mass is 9.86. The molecule has 0 saturated heterocycles. The molecule has 0 aliphatic rings. The summed E-state index contributed by atoms with van der Waals surface area (Å²) >= 11 is 5.05. The summed E-state index contributed by atoms with van der Waals surface area (Å²) in [7, 11) is 0. The van der Waals surface area contributed by atoms with Gasteiger partial charge in [-0.25, -0.2) is 0 Å². The van der Waals surface area contributed by atoms with Crippen LogP contribution in [0.3, 0.4) is 0 Å². The second kappa shape index (κ2) is 6.12. The molecule has 17 heavy (non-hydrogen) atoms. The van der Waals surface area contributed by atoms with Crippen LogP contribution in [0.25, 0.3) is 0 Å². The number of thiophene rings is 1. The highest BCUT2D eigenvalue weighted by Gasteiger charge is 2.18. The molecule has 4 heteroatoms. The van der Waals surface area contributed by atoms with E-state index in [-0.39, 0.29) is 17.2 Å². The van der Waals surface area contributed by atoms with Gasteiger partial charge in [0, 0.05) is 28.2 Å². The first-order valence-corrected chi connectivity index (χ1v) is 7.44. The normalized spacial score (nSPS) is 13.7. The summed E-state index contributed by atoms with van der Waals surface area (Å²) in [5, 5.41) is 1.99. The lowest BCUT2D eigenvalue weighted by molar-refractivity contribution is -0.118. The smallest absolute Gasteiger partial charge is 0.139 e. The summed E-state index contributed by atoms with van der Waals surface area (Å²) in [6.45, 7) is 6.44. The maximum Gasteiger partial charge on any atom is 0.139 e. The Hall–Kier alpha value is -0.190. The van der Waals surface area contributed by atoms with Gasteiger partial charge in [0.05, 0.1) is 0 Å². The maximum absolute atomic E-state index is 11.9. The summed E-state index contributed by atoms with van der Waals surface area (Å²) < 4.78 is 1.03. The van der Waals surface area contributed by atoms with E-state index < -0.39 is 0 Å². The van der Waals surface area contributed by atoms with Gasteiger partial charge in [-0.15, -0.1) is 11.3 Å². The Balaban J connectivity index is 2.43. The van der Waals surface area contributed by atoms with Gasteiger partial charge in [-0.2, -0.15) is 0 Å². The molecule has 0 saturated carbocycles. The predicted octanol–water partition coefficient (Wildman–Crippen LogP) is 3.78. The summed E-state index contributed by atoms with van der Waals surface area (Å²) in [6.07, 6.45) is 1.85. The van der Waals surface area contributed by atoms with E-state index in [0.29, 0.717) is 12.8 Å². The van der Waals surface area contributed by atoms with Crippen LogP contribution in [0, 0.1) is 5.41 Å². The zero-order valence-electron chi connectivity index (χ0n) is 10.6. The zero-order valence-corrected chi connectivity index (χ0v) is 13.0. The van der Waals surface area contributed by atoms with Gasteiger partial charge in [-0.05, 0) is 39.2 Å². The SMILES string of the molecule is CC(C)(C)CC(N)CC(=O)Cc1sccc1Br. The standard InChI is InChI=1S/C13H20BrNOS/c1-13(2,3)8-9(15)6-10(16)7-12-11(14)4-5-17-12/h4-5,9H,6-8,15H2,1-3H3. The van der Waals surface area contributed by atoms with Crippen LogP contribution < -0.4 is 5.73 Å². The maximum atomic E-state index is 11.9. The van der Waals surface area contributed by atoms with Crippen molar-refractivity contribution in [3.63, 3.8) is 0 Å². The molecule has 1 atom stereocenters. The molecule has 1 aromatic heterocycles. The number of hydrogen-bond acceptors (Lipinski definition) is 3. The fourth-order valence-corrected chi connectivity index (χ4v) is 3.37. The van der Waals surface area contributed by atoms with E-state index in [1.165, 1.54) is 0 Å². The lowest BCUT2D eigenvalue weighted by Gasteiger charge is -2.22. The van der Waals surface area contributed by atoms with Crippen LogP contribution in [0.1, 0.15) is 38.5 Å². The van der Waals surface area contributed by atoms with Crippen molar-refractivity contribution in [2.75, 3.05) is 0 Å². The zero-order chi connectivity index (χ0) is 13.1. The van der Waals surface area contributed by atoms with Crippen molar-refractivity contribution in [2.45, 2.75) is 46.1 Å². The van der Waals surface area contributed by atoms with Gasteiger partial charge in [0.1, 0.15) is 5.78 Å². The summed E-state index contributed by atoms with van der Waals surface area (Å²) in [4.78, 5) is 13.0. The molecule has 0 aromatic carbocycles. The van der Waals surface area contributed by atoms with E-state index in [1.807, 2.05) is 11.4 Å². The Bertz CT molecular complexity index is 381. The monoisotopic (exact) mass is 317 g/mol. The highest BCUT2D eigenvalue weighted by molar-refractivity contribution is 9.10. The van der Waals surface area contributed by atoms with Gasteiger partial charge in [0.25, 0.3) is 0 Å². The van der Waals surface area contributed by atoms with Crippen molar-refractivity contribution < 1.29 is 4.79 Å². The summed E-state index contributed by atoms with van der Waals surface area (Å²) in [6, 6.07) is 1.95. The van der Waals surface area contributed by atoms with Crippen LogP contribution in [-0.4, -0.2) is 11.8 Å². The van der Waals surface area contributed by atoms with E-state index in [4.69, 9.17) is 5.73 Å². The molecule has 0 aliphatic heterocycles. The first-order valence-electron chi connectivity index (χ1n) is 5.77. The first-order chi connectivity index (χ1) is 7.78. The molecule has 1 heterocycles. The predicted molar refractivity (Wildman–Crippen MR) is 77.4 cm³/mol. The fourth-order valence-electron chi connectivity index (χ4n) is 1.85. The Labute approximate surface area is 116 Å². The molecule has 0 bridgehead atoms. The number of rotatable bonds is 5. The molecule has 1 aromatic rings. The number of nitrogens with two attached hydrogens (primary N) is 1. The van der Waals surface area contributed by atoms with E-state index in [9.17, 15) is 4.79 Å². The molecule has 1 rings (SSSR count). The quantitative estimate of drug-likeness (QED) is 0.898. The first kappa shape index (κ1) is 14.9. The van der Waals surface area contributed by atoms with E-state index in [0.717, 1.165) is 15.8 Å². The van der Waals surface area contributed by atoms with Gasteiger partial charge in [-0.3, -0.25) is 4.79 Å². The molecule has 0 aliphatic carbocycles. The molecular weight excluding hydrogens is 298 g/mol. The lowest BCUT2D eigenvalue weighted by Crippen LogP contribution is -2.29. The second-order valence-electron chi connectivity index (χ2n) is 5.64. The third-order valence-corrected chi connectivity index (χ3v) is 4.34. The largest absolute Gasteiger partial charge is 0.327 e. The van der Waals surface area contributed by atoms with Crippen LogP contribution in [0.5, 0.6) is 0 Å². The van der Waals surface area contributed by atoms with Gasteiger partial charge >= 0.3 is 0 Å². The fraction of sp³-hybridized carbons (Fsp3) is 0.615. The Kier molecular flexibility index (Phi) is 5.35. The third-order valence-electron chi connectivity index (χ3n) is 2.41. The Morgan fingerprint density at radius 3 is 2.65 bits per heavy atom. The number of halogens is 1. The van der Waals surface area contributed by atoms with Crippen LogP contribution in [0.15, 0.2) is 15.9 Å². The third kappa shape index (κ3) is 5.80. The number of ketones is 1. The number of carbonyl (C=O) groups excluding carboxylic acids is 1. The number of carbonyl (C=O) groups is 1. The Morgan fingerprint density at radius 1 is 1.53 bits per heavy atom. The van der Waals surface area contributed by atoms with E-state index >= 15 is 0 Å². The minimum atomic E-state index is -0.0266. The second-order valence-corrected chi connectivity index (χ2v) is 7.49. The molecule has 0 radical (unpaired) electrons. The van der Waals surface area contributed by atoms with Crippen LogP contribution in [-0.2, 0) is 11.2 Å². The van der Waals surface area contributed by atoms with E-state index in [2.05, 4.69) is 36.7 Å². The average Bonchev–Trinajstić information content (AvgIpc) is 2.47. The van der Waals surface area contributed by atoms with Crippen molar-refractivity contribution in [1.29, 1.82) is 0 Å². The van der Waals surface area contributed by atoms with Crippen molar-refractivity contribution in [3.8, 4) is 0 Å². The molecule has 96 valence electrons. The van der Waals surface area contributed by atoms with E-state index in [1.54, 1.807) is 11.3 Å². The van der Waals surface area contributed by atoms with Crippen LogP contribution in [0.2, 0.25) is 0 Å². The average molecular weight is 318 g/mol. The van der Waals surface area contributed by atoms with Crippen LogP contribution in [0.4, 0.5) is 0 Å². The minimum Gasteiger partial charge on any atom is -0.327 e. The van der Waals surface area contributed by atoms with Crippen LogP contribution >= 0.6 is 27.3 Å². The van der Waals surface area contributed by atoms with Crippen molar-refractivity contribution in [3.05, 3.63) is 20.8 Å². The summed E-state index contributed by atoms with van der Waals surface area (Å²) in [5.41, 5.74) is 6.18. The number of hydrogen-bond donors (Lipinski definition) is 1. The Morgan fingerprint density at radius 2 is 2.18 bits per heavy atom. The minimum absolute atomic E-state index is 0.0266. The van der Waals surface area contributed by atoms with Gasteiger partial charge in [-0.1, -0.05) is 20.8 Å². The van der Waals surface area contributed by atoms with Crippen molar-refractivity contribution in [2.24, 2.45) is 11.1 Å². The molecule has 1 unspecified atom stereocenters. The highest BCUT2D eigenvalue weighted by atomic mass is 79.9. The topological polar surface area (TPSA) is 43.1 Å². The molecule has 0 amide bonds. The van der Waals surface area contributed by atoms with Gasteiger partial charge < -0.3 is 5.73 Å². The number of Topliss-reactive ketones (excluding diaryl/α,β-unsaturated/α-hetero) is 1. The van der Waals surface area contributed by atoms with Crippen molar-refractivity contribution in [1.82, 2.24) is 0 Å².